The van der Waals surface area contributed by atoms with Gasteiger partial charge < -0.3 is 15.7 Å². The topological polar surface area (TPSA) is 61.4 Å². The number of benzene rings is 1. The molecule has 18 heavy (non-hydrogen) atoms. The van der Waals surface area contributed by atoms with Gasteiger partial charge in [-0.25, -0.2) is 0 Å². The van der Waals surface area contributed by atoms with Gasteiger partial charge in [0.05, 0.1) is 12.1 Å². The van der Waals surface area contributed by atoms with Gasteiger partial charge in [0, 0.05) is 13.1 Å². The fourth-order valence-electron chi connectivity index (χ4n) is 2.18. The summed E-state index contributed by atoms with van der Waals surface area (Å²) in [6.45, 7) is 1.17. The minimum absolute atomic E-state index is 0.0489. The predicted molar refractivity (Wildman–Crippen MR) is 70.1 cm³/mol. The van der Waals surface area contributed by atoms with Crippen molar-refractivity contribution >= 4 is 5.91 Å². The lowest BCUT2D eigenvalue weighted by Crippen LogP contribution is -2.44. The summed E-state index contributed by atoms with van der Waals surface area (Å²) in [7, 11) is 0. The molecule has 1 aromatic carbocycles. The van der Waals surface area contributed by atoms with Gasteiger partial charge in [-0.05, 0) is 24.8 Å². The first kappa shape index (κ1) is 13.1. The highest BCUT2D eigenvalue weighted by Gasteiger charge is 2.20. The lowest BCUT2D eigenvalue weighted by atomic mass is 10.1. The summed E-state index contributed by atoms with van der Waals surface area (Å²) < 4.78 is 0. The van der Waals surface area contributed by atoms with Crippen LogP contribution in [0.25, 0.3) is 0 Å². The van der Waals surface area contributed by atoms with Crippen LogP contribution in [0, 0.1) is 0 Å². The van der Waals surface area contributed by atoms with E-state index in [1.54, 1.807) is 0 Å². The van der Waals surface area contributed by atoms with Gasteiger partial charge in [-0.1, -0.05) is 30.3 Å². The maximum atomic E-state index is 11.7. The number of rotatable bonds is 4. The van der Waals surface area contributed by atoms with Gasteiger partial charge in [-0.3, -0.25) is 4.79 Å². The summed E-state index contributed by atoms with van der Waals surface area (Å²) in [5.41, 5.74) is 0.874. The zero-order valence-electron chi connectivity index (χ0n) is 10.4. The molecule has 2 rings (SSSR count). The number of hydrogen-bond donors (Lipinski definition) is 3. The standard InChI is InChI=1S/C14H20N2O2/c17-13(11-6-2-1-3-7-11)10-16-12-8-4-5-9-15-14(12)18/h1-3,6-7,12-13,16-17H,4-5,8-10H2,(H,15,18)/t12-,13+/m0/s1. The van der Waals surface area contributed by atoms with E-state index in [-0.39, 0.29) is 11.9 Å². The summed E-state index contributed by atoms with van der Waals surface area (Å²) in [5, 5.41) is 16.0. The fraction of sp³-hybridized carbons (Fsp3) is 0.500. The van der Waals surface area contributed by atoms with E-state index in [1.165, 1.54) is 0 Å². The van der Waals surface area contributed by atoms with Crippen molar-refractivity contribution in [3.8, 4) is 0 Å². The van der Waals surface area contributed by atoms with Gasteiger partial charge in [0.25, 0.3) is 0 Å². The molecule has 1 aliphatic rings. The average molecular weight is 248 g/mol. The monoisotopic (exact) mass is 248 g/mol. The van der Waals surface area contributed by atoms with Crippen molar-refractivity contribution in [1.29, 1.82) is 0 Å². The van der Waals surface area contributed by atoms with Crippen molar-refractivity contribution in [1.82, 2.24) is 10.6 Å². The molecule has 98 valence electrons. The first-order valence-electron chi connectivity index (χ1n) is 6.51. The van der Waals surface area contributed by atoms with E-state index in [0.29, 0.717) is 6.54 Å². The summed E-state index contributed by atoms with van der Waals surface area (Å²) in [6.07, 6.45) is 2.35. The second-order valence-electron chi connectivity index (χ2n) is 4.67. The van der Waals surface area contributed by atoms with Crippen LogP contribution in [-0.4, -0.2) is 30.1 Å². The van der Waals surface area contributed by atoms with E-state index in [4.69, 9.17) is 0 Å². The Balaban J connectivity index is 1.85. The normalized spacial score (nSPS) is 22.1. The number of aliphatic hydroxyl groups is 1. The minimum atomic E-state index is -0.567. The van der Waals surface area contributed by atoms with Crippen LogP contribution in [0.2, 0.25) is 0 Å². The molecule has 1 aromatic rings. The summed E-state index contributed by atoms with van der Waals surface area (Å²) in [5.74, 6) is 0.0489. The van der Waals surface area contributed by atoms with Gasteiger partial charge in [0.2, 0.25) is 5.91 Å². The number of hydrogen-bond acceptors (Lipinski definition) is 3. The molecule has 1 amide bonds. The first-order valence-corrected chi connectivity index (χ1v) is 6.51. The van der Waals surface area contributed by atoms with Crippen molar-refractivity contribution < 1.29 is 9.90 Å². The van der Waals surface area contributed by atoms with Crippen LogP contribution >= 0.6 is 0 Å². The van der Waals surface area contributed by atoms with Crippen molar-refractivity contribution in [2.45, 2.75) is 31.4 Å². The average Bonchev–Trinajstić information content (AvgIpc) is 2.62. The molecule has 1 fully saturated rings. The number of nitrogens with one attached hydrogen (secondary N) is 2. The van der Waals surface area contributed by atoms with Gasteiger partial charge in [-0.2, -0.15) is 0 Å². The largest absolute Gasteiger partial charge is 0.387 e. The van der Waals surface area contributed by atoms with Crippen molar-refractivity contribution in [2.75, 3.05) is 13.1 Å². The predicted octanol–water partition coefficient (Wildman–Crippen LogP) is 0.978. The van der Waals surface area contributed by atoms with Crippen LogP contribution in [0.15, 0.2) is 30.3 Å². The lowest BCUT2D eigenvalue weighted by Gasteiger charge is -2.18. The molecular weight excluding hydrogens is 228 g/mol. The Morgan fingerprint density at radius 1 is 1.33 bits per heavy atom. The molecule has 4 nitrogen and oxygen atoms in total. The molecule has 3 N–H and O–H groups in total. The summed E-state index contributed by atoms with van der Waals surface area (Å²) in [4.78, 5) is 11.7. The Bertz CT molecular complexity index is 381. The zero-order chi connectivity index (χ0) is 12.8. The van der Waals surface area contributed by atoms with Crippen LogP contribution in [0.5, 0.6) is 0 Å². The molecule has 0 aromatic heterocycles. The van der Waals surface area contributed by atoms with E-state index < -0.39 is 6.10 Å². The second-order valence-corrected chi connectivity index (χ2v) is 4.67. The van der Waals surface area contributed by atoms with E-state index in [1.807, 2.05) is 30.3 Å². The number of aliphatic hydroxyl groups excluding tert-OH is 1. The number of amides is 1. The third-order valence-corrected chi connectivity index (χ3v) is 3.28. The minimum Gasteiger partial charge on any atom is -0.387 e. The van der Waals surface area contributed by atoms with Crippen LogP contribution in [0.4, 0.5) is 0 Å². The number of carbonyl (C=O) groups is 1. The zero-order valence-corrected chi connectivity index (χ0v) is 10.4. The third-order valence-electron chi connectivity index (χ3n) is 3.28. The molecule has 0 spiro atoms. The van der Waals surface area contributed by atoms with Crippen molar-refractivity contribution in [3.05, 3.63) is 35.9 Å². The molecule has 0 aliphatic carbocycles. The fourth-order valence-corrected chi connectivity index (χ4v) is 2.18. The highest BCUT2D eigenvalue weighted by atomic mass is 16.3. The molecule has 0 bridgehead atoms. The van der Waals surface area contributed by atoms with Crippen LogP contribution in [-0.2, 0) is 4.79 Å². The maximum Gasteiger partial charge on any atom is 0.237 e. The van der Waals surface area contributed by atoms with Gasteiger partial charge in [0.15, 0.2) is 0 Å². The van der Waals surface area contributed by atoms with Gasteiger partial charge >= 0.3 is 0 Å². The molecule has 1 saturated heterocycles. The van der Waals surface area contributed by atoms with Crippen LogP contribution in [0.1, 0.15) is 30.9 Å². The Morgan fingerprint density at radius 2 is 2.11 bits per heavy atom. The third kappa shape index (κ3) is 3.55. The first-order chi connectivity index (χ1) is 8.77. The molecule has 0 saturated carbocycles. The molecular formula is C14H20N2O2. The quantitative estimate of drug-likeness (QED) is 0.744. The highest BCUT2D eigenvalue weighted by molar-refractivity contribution is 5.81. The Morgan fingerprint density at radius 3 is 2.89 bits per heavy atom. The molecule has 1 aliphatic heterocycles. The van der Waals surface area contributed by atoms with Gasteiger partial charge in [0.1, 0.15) is 0 Å². The summed E-state index contributed by atoms with van der Waals surface area (Å²) in [6, 6.07) is 9.32. The summed E-state index contributed by atoms with van der Waals surface area (Å²) >= 11 is 0. The van der Waals surface area contributed by atoms with Crippen LogP contribution < -0.4 is 10.6 Å². The van der Waals surface area contributed by atoms with Crippen molar-refractivity contribution in [3.63, 3.8) is 0 Å². The molecule has 0 unspecified atom stereocenters. The molecule has 1 heterocycles. The maximum absolute atomic E-state index is 11.7. The smallest absolute Gasteiger partial charge is 0.237 e. The number of carbonyl (C=O) groups excluding carboxylic acids is 1. The Labute approximate surface area is 107 Å². The Kier molecular flexibility index (Phi) is 4.73. The Hall–Kier alpha value is -1.39. The SMILES string of the molecule is O=C1NCCCC[C@@H]1NC[C@@H](O)c1ccccc1. The van der Waals surface area contributed by atoms with E-state index in [2.05, 4.69) is 10.6 Å². The molecule has 2 atom stereocenters. The lowest BCUT2D eigenvalue weighted by molar-refractivity contribution is -0.122. The molecule has 4 heteroatoms. The second kappa shape index (κ2) is 6.52. The van der Waals surface area contributed by atoms with E-state index in [0.717, 1.165) is 31.4 Å². The highest BCUT2D eigenvalue weighted by Crippen LogP contribution is 2.12. The van der Waals surface area contributed by atoms with Gasteiger partial charge in [-0.15, -0.1) is 0 Å². The van der Waals surface area contributed by atoms with Crippen LogP contribution in [0.3, 0.4) is 0 Å². The van der Waals surface area contributed by atoms with E-state index >= 15 is 0 Å². The van der Waals surface area contributed by atoms with Crippen molar-refractivity contribution in [2.24, 2.45) is 0 Å². The van der Waals surface area contributed by atoms with E-state index in [9.17, 15) is 9.90 Å². The molecule has 0 radical (unpaired) electrons.